The van der Waals surface area contributed by atoms with Gasteiger partial charge in [-0.05, 0) is 40.6 Å². The van der Waals surface area contributed by atoms with Crippen molar-refractivity contribution < 1.29 is 23.8 Å². The smallest absolute Gasteiger partial charge is 0.337 e. The maximum absolute atomic E-state index is 12.4. The number of benzene rings is 1. The molecule has 4 atom stereocenters. The number of carbonyl (C=O) groups excluding carboxylic acids is 2. The fourth-order valence-electron chi connectivity index (χ4n) is 3.60. The number of fused-ring (bicyclic) bond motifs is 1. The molecule has 2 fully saturated rings. The number of methoxy groups -OCH3 is 1. The van der Waals surface area contributed by atoms with Crippen LogP contribution in [-0.2, 0) is 14.2 Å². The number of urea groups is 1. The van der Waals surface area contributed by atoms with E-state index in [4.69, 9.17) is 14.2 Å². The minimum Gasteiger partial charge on any atom is -0.465 e. The van der Waals surface area contributed by atoms with Crippen LogP contribution in [-0.4, -0.2) is 50.6 Å². The van der Waals surface area contributed by atoms with Gasteiger partial charge in [-0.2, -0.15) is 11.3 Å². The molecule has 2 amide bonds. The van der Waals surface area contributed by atoms with Crippen molar-refractivity contribution >= 4 is 35.1 Å². The predicted molar refractivity (Wildman–Crippen MR) is 110 cm³/mol. The molecule has 0 bridgehead atoms. The van der Waals surface area contributed by atoms with Gasteiger partial charge in [0.05, 0.1) is 38.0 Å². The number of esters is 1. The Bertz CT molecular complexity index is 898. The average Bonchev–Trinajstić information content (AvgIpc) is 3.45. The zero-order valence-electron chi connectivity index (χ0n) is 15.9. The summed E-state index contributed by atoms with van der Waals surface area (Å²) in [7, 11) is 1.32. The van der Waals surface area contributed by atoms with E-state index < -0.39 is 5.97 Å². The normalized spacial score (nSPS) is 25.7. The summed E-state index contributed by atoms with van der Waals surface area (Å²) in [5.74, 6) is -0.298. The molecule has 2 aliphatic heterocycles. The fourth-order valence-corrected chi connectivity index (χ4v) is 4.23. The van der Waals surface area contributed by atoms with Crippen LogP contribution in [0, 0.1) is 5.92 Å². The highest BCUT2D eigenvalue weighted by Crippen LogP contribution is 2.32. The van der Waals surface area contributed by atoms with Crippen molar-refractivity contribution in [1.29, 1.82) is 0 Å². The number of ether oxygens (including phenoxy) is 3. The first-order valence-corrected chi connectivity index (χ1v) is 10.3. The van der Waals surface area contributed by atoms with E-state index in [1.165, 1.54) is 12.7 Å². The lowest BCUT2D eigenvalue weighted by atomic mass is 9.99. The molecule has 2 aliphatic rings. The summed E-state index contributed by atoms with van der Waals surface area (Å²) in [5.41, 5.74) is 2.04. The first-order chi connectivity index (χ1) is 14.1. The van der Waals surface area contributed by atoms with Gasteiger partial charge in [0, 0.05) is 11.6 Å². The molecular formula is C21H22N2O5S. The molecule has 3 heterocycles. The largest absolute Gasteiger partial charge is 0.465 e. The summed E-state index contributed by atoms with van der Waals surface area (Å²) < 4.78 is 16.5. The van der Waals surface area contributed by atoms with Crippen molar-refractivity contribution in [3.05, 3.63) is 58.3 Å². The van der Waals surface area contributed by atoms with Gasteiger partial charge in [-0.3, -0.25) is 0 Å². The topological polar surface area (TPSA) is 85.9 Å². The summed E-state index contributed by atoms with van der Waals surface area (Å²) >= 11 is 1.66. The molecule has 152 valence electrons. The van der Waals surface area contributed by atoms with Crippen molar-refractivity contribution in [2.75, 3.05) is 25.6 Å². The molecule has 7 nitrogen and oxygen atoms in total. The number of hydrogen-bond acceptors (Lipinski definition) is 6. The monoisotopic (exact) mass is 414 g/mol. The number of nitrogens with one attached hydrogen (secondary N) is 2. The van der Waals surface area contributed by atoms with E-state index in [0.717, 1.165) is 0 Å². The number of hydrogen-bond donors (Lipinski definition) is 2. The quantitative estimate of drug-likeness (QED) is 0.734. The summed E-state index contributed by atoms with van der Waals surface area (Å²) in [6.07, 6.45) is 3.95. The van der Waals surface area contributed by atoms with Crippen LogP contribution in [0.25, 0.3) is 6.08 Å². The molecule has 2 aromatic rings. The Morgan fingerprint density at radius 2 is 2.07 bits per heavy atom. The van der Waals surface area contributed by atoms with Gasteiger partial charge in [0.15, 0.2) is 0 Å². The van der Waals surface area contributed by atoms with Crippen molar-refractivity contribution in [3.8, 4) is 0 Å². The maximum Gasteiger partial charge on any atom is 0.337 e. The van der Waals surface area contributed by atoms with Gasteiger partial charge in [0.1, 0.15) is 6.10 Å². The van der Waals surface area contributed by atoms with Crippen LogP contribution >= 0.6 is 11.3 Å². The molecule has 0 aliphatic carbocycles. The van der Waals surface area contributed by atoms with E-state index in [-0.39, 0.29) is 30.2 Å². The Kier molecular flexibility index (Phi) is 5.94. The Morgan fingerprint density at radius 3 is 2.86 bits per heavy atom. The molecule has 0 unspecified atom stereocenters. The molecule has 2 N–H and O–H groups in total. The lowest BCUT2D eigenvalue weighted by Crippen LogP contribution is -2.45. The van der Waals surface area contributed by atoms with E-state index in [1.807, 2.05) is 5.38 Å². The Morgan fingerprint density at radius 1 is 1.21 bits per heavy atom. The van der Waals surface area contributed by atoms with Gasteiger partial charge in [-0.25, -0.2) is 9.59 Å². The van der Waals surface area contributed by atoms with Crippen molar-refractivity contribution in [2.24, 2.45) is 5.92 Å². The third kappa shape index (κ3) is 4.50. The number of amides is 2. The molecule has 1 aromatic heterocycles. The Labute approximate surface area is 172 Å². The lowest BCUT2D eigenvalue weighted by molar-refractivity contribution is 0.0600. The average molecular weight is 414 g/mol. The summed E-state index contributed by atoms with van der Waals surface area (Å²) in [4.78, 5) is 24.0. The molecule has 2 saturated heterocycles. The first-order valence-electron chi connectivity index (χ1n) is 9.33. The highest BCUT2D eigenvalue weighted by molar-refractivity contribution is 7.08. The standard InChI is InChI=1S/C21H22N2O5S/c1-26-20(24)14-3-2-4-16(9-14)22-21(25)23-17-11-28-18-15(10-27-19(17)18)6-5-13-7-8-29-12-13/h2-9,12,15,17-19H,10-11H2,1H3,(H2,22,23,25)/t15-,17-,18+,19+/m0/s1. The van der Waals surface area contributed by atoms with Crippen LogP contribution in [0.2, 0.25) is 0 Å². The van der Waals surface area contributed by atoms with Crippen molar-refractivity contribution in [1.82, 2.24) is 5.32 Å². The zero-order chi connectivity index (χ0) is 20.2. The van der Waals surface area contributed by atoms with Gasteiger partial charge in [-0.15, -0.1) is 0 Å². The number of carbonyl (C=O) groups is 2. The lowest BCUT2D eigenvalue weighted by Gasteiger charge is -2.18. The fraction of sp³-hybridized carbons (Fsp3) is 0.333. The second-order valence-electron chi connectivity index (χ2n) is 6.95. The molecular weight excluding hydrogens is 392 g/mol. The van der Waals surface area contributed by atoms with E-state index in [9.17, 15) is 9.59 Å². The van der Waals surface area contributed by atoms with Crippen LogP contribution in [0.5, 0.6) is 0 Å². The summed E-state index contributed by atoms with van der Waals surface area (Å²) in [5, 5.41) is 9.78. The highest BCUT2D eigenvalue weighted by atomic mass is 32.1. The minimum atomic E-state index is -0.456. The van der Waals surface area contributed by atoms with Crippen LogP contribution in [0.15, 0.2) is 47.2 Å². The van der Waals surface area contributed by atoms with E-state index >= 15 is 0 Å². The van der Waals surface area contributed by atoms with E-state index in [0.29, 0.717) is 24.5 Å². The van der Waals surface area contributed by atoms with Crippen molar-refractivity contribution in [3.63, 3.8) is 0 Å². The second-order valence-corrected chi connectivity index (χ2v) is 7.73. The van der Waals surface area contributed by atoms with Crippen LogP contribution in [0.1, 0.15) is 15.9 Å². The third-order valence-electron chi connectivity index (χ3n) is 5.03. The Balaban J connectivity index is 1.33. The maximum atomic E-state index is 12.4. The molecule has 1 aromatic carbocycles. The molecule has 4 rings (SSSR count). The number of thiophene rings is 1. The van der Waals surface area contributed by atoms with Gasteiger partial charge in [-0.1, -0.05) is 18.2 Å². The second kappa shape index (κ2) is 8.77. The van der Waals surface area contributed by atoms with Crippen LogP contribution in [0.3, 0.4) is 0 Å². The predicted octanol–water partition coefficient (Wildman–Crippen LogP) is 3.15. The summed E-state index contributed by atoms with van der Waals surface area (Å²) in [6, 6.07) is 8.04. The number of anilines is 1. The molecule has 8 heteroatoms. The molecule has 29 heavy (non-hydrogen) atoms. The van der Waals surface area contributed by atoms with E-state index in [1.54, 1.807) is 35.6 Å². The summed E-state index contributed by atoms with van der Waals surface area (Å²) in [6.45, 7) is 0.963. The minimum absolute atomic E-state index is 0.0714. The molecule has 0 spiro atoms. The van der Waals surface area contributed by atoms with Crippen LogP contribution < -0.4 is 10.6 Å². The van der Waals surface area contributed by atoms with Crippen LogP contribution in [0.4, 0.5) is 10.5 Å². The van der Waals surface area contributed by atoms with Gasteiger partial charge in [0.25, 0.3) is 0 Å². The zero-order valence-corrected chi connectivity index (χ0v) is 16.7. The molecule has 0 radical (unpaired) electrons. The van der Waals surface area contributed by atoms with Gasteiger partial charge >= 0.3 is 12.0 Å². The molecule has 0 saturated carbocycles. The highest BCUT2D eigenvalue weighted by Gasteiger charge is 2.47. The van der Waals surface area contributed by atoms with Gasteiger partial charge in [0.2, 0.25) is 0 Å². The third-order valence-corrected chi connectivity index (χ3v) is 5.73. The van der Waals surface area contributed by atoms with Crippen molar-refractivity contribution in [2.45, 2.75) is 18.2 Å². The Hall–Kier alpha value is -2.68. The first kappa shape index (κ1) is 19.6. The van der Waals surface area contributed by atoms with E-state index in [2.05, 4.69) is 34.2 Å². The number of rotatable bonds is 5. The SMILES string of the molecule is COC(=O)c1cccc(NC(=O)N[C@H]2CO[C@H]3[C@@H]2OC[C@@H]3C=Cc2ccsc2)c1. The van der Waals surface area contributed by atoms with Gasteiger partial charge < -0.3 is 24.8 Å².